The molecule has 0 saturated carbocycles. The summed E-state index contributed by atoms with van der Waals surface area (Å²) in [4.78, 5) is 0. The highest BCUT2D eigenvalue weighted by atomic mass is 79.9. The summed E-state index contributed by atoms with van der Waals surface area (Å²) in [5.41, 5.74) is 2.30. The number of aryl methyl sites for hydroxylation is 1. The van der Waals surface area contributed by atoms with Crippen LogP contribution in [0.4, 0.5) is 0 Å². The molecule has 2 rings (SSSR count). The quantitative estimate of drug-likeness (QED) is 0.932. The number of hydrogen-bond acceptors (Lipinski definition) is 2. The smallest absolute Gasteiger partial charge is 0.146 e. The van der Waals surface area contributed by atoms with Crippen LogP contribution in [0.2, 0.25) is 0 Å². The number of hydrogen-bond donors (Lipinski definition) is 1. The lowest BCUT2D eigenvalue weighted by Gasteiger charge is -2.09. The topological polar surface area (TPSA) is 33.4 Å². The molecule has 1 atom stereocenters. The van der Waals surface area contributed by atoms with Crippen molar-refractivity contribution in [3.05, 3.63) is 58.0 Å². The van der Waals surface area contributed by atoms with Crippen molar-refractivity contribution in [2.75, 3.05) is 0 Å². The second kappa shape index (κ2) is 4.85. The molecule has 0 amide bonds. The van der Waals surface area contributed by atoms with Crippen molar-refractivity contribution in [3.63, 3.8) is 0 Å². The zero-order chi connectivity index (χ0) is 11.5. The summed E-state index contributed by atoms with van der Waals surface area (Å²) >= 11 is 3.34. The first-order valence-corrected chi connectivity index (χ1v) is 5.92. The maximum absolute atomic E-state index is 10.0. The van der Waals surface area contributed by atoms with Gasteiger partial charge in [-0.2, -0.15) is 0 Å². The molecule has 0 radical (unpaired) electrons. The molecule has 2 nitrogen and oxygen atoms in total. The van der Waals surface area contributed by atoms with Crippen LogP contribution >= 0.6 is 15.9 Å². The Hall–Kier alpha value is -1.06. The van der Waals surface area contributed by atoms with E-state index in [1.807, 2.05) is 25.1 Å². The van der Waals surface area contributed by atoms with Crippen LogP contribution in [0, 0.1) is 6.92 Å². The van der Waals surface area contributed by atoms with Crippen LogP contribution in [0.5, 0.6) is 0 Å². The van der Waals surface area contributed by atoms with Crippen LogP contribution in [0.15, 0.2) is 45.5 Å². The van der Waals surface area contributed by atoms with E-state index < -0.39 is 6.10 Å². The second-order valence-electron chi connectivity index (χ2n) is 3.84. The van der Waals surface area contributed by atoms with E-state index in [1.165, 1.54) is 5.56 Å². The number of furan rings is 1. The van der Waals surface area contributed by atoms with Gasteiger partial charge in [0, 0.05) is 6.42 Å². The van der Waals surface area contributed by atoms with Crippen molar-refractivity contribution in [2.24, 2.45) is 0 Å². The van der Waals surface area contributed by atoms with Gasteiger partial charge in [0.15, 0.2) is 0 Å². The molecule has 1 aromatic heterocycles. The highest BCUT2D eigenvalue weighted by Gasteiger charge is 2.15. The van der Waals surface area contributed by atoms with Crippen LogP contribution in [0.3, 0.4) is 0 Å². The van der Waals surface area contributed by atoms with E-state index in [0.29, 0.717) is 12.2 Å². The molecule has 1 heterocycles. The SMILES string of the molecule is Cc1cccc(CC(O)c2occc2Br)c1. The Bertz CT molecular complexity index is 476. The minimum atomic E-state index is -0.605. The minimum Gasteiger partial charge on any atom is -0.465 e. The monoisotopic (exact) mass is 280 g/mol. The molecule has 0 saturated heterocycles. The third-order valence-electron chi connectivity index (χ3n) is 2.46. The fourth-order valence-corrected chi connectivity index (χ4v) is 2.16. The van der Waals surface area contributed by atoms with Gasteiger partial charge in [0.1, 0.15) is 11.9 Å². The van der Waals surface area contributed by atoms with Crippen molar-refractivity contribution in [2.45, 2.75) is 19.4 Å². The van der Waals surface area contributed by atoms with Gasteiger partial charge in [-0.15, -0.1) is 0 Å². The van der Waals surface area contributed by atoms with Gasteiger partial charge in [-0.3, -0.25) is 0 Å². The molecule has 3 heteroatoms. The summed E-state index contributed by atoms with van der Waals surface area (Å²) in [6.45, 7) is 2.04. The summed E-state index contributed by atoms with van der Waals surface area (Å²) in [6.07, 6.45) is 1.53. The Morgan fingerprint density at radius 1 is 1.38 bits per heavy atom. The minimum absolute atomic E-state index is 0.563. The lowest BCUT2D eigenvalue weighted by molar-refractivity contribution is 0.149. The zero-order valence-corrected chi connectivity index (χ0v) is 10.6. The van der Waals surface area contributed by atoms with Crippen molar-refractivity contribution in [1.82, 2.24) is 0 Å². The molecule has 16 heavy (non-hydrogen) atoms. The predicted molar refractivity (Wildman–Crippen MR) is 66.3 cm³/mol. The van der Waals surface area contributed by atoms with Gasteiger partial charge in [0.25, 0.3) is 0 Å². The summed E-state index contributed by atoms with van der Waals surface area (Å²) in [7, 11) is 0. The average molecular weight is 281 g/mol. The molecule has 1 aromatic carbocycles. The van der Waals surface area contributed by atoms with Crippen LogP contribution in [0.25, 0.3) is 0 Å². The summed E-state index contributed by atoms with van der Waals surface area (Å²) in [5.74, 6) is 0.585. The Labute approximate surface area is 103 Å². The maximum Gasteiger partial charge on any atom is 0.146 e. The average Bonchev–Trinajstić information content (AvgIpc) is 2.64. The van der Waals surface area contributed by atoms with E-state index in [0.717, 1.165) is 10.0 Å². The number of aliphatic hydroxyl groups is 1. The van der Waals surface area contributed by atoms with Crippen molar-refractivity contribution < 1.29 is 9.52 Å². The molecule has 0 aliphatic carbocycles. The van der Waals surface area contributed by atoms with E-state index in [-0.39, 0.29) is 0 Å². The molecule has 1 N–H and O–H groups in total. The molecular formula is C13H13BrO2. The standard InChI is InChI=1S/C13H13BrO2/c1-9-3-2-4-10(7-9)8-12(15)13-11(14)5-6-16-13/h2-7,12,15H,8H2,1H3. The first-order chi connectivity index (χ1) is 7.66. The fraction of sp³-hybridized carbons (Fsp3) is 0.231. The van der Waals surface area contributed by atoms with E-state index in [1.54, 1.807) is 12.3 Å². The molecule has 0 bridgehead atoms. The van der Waals surface area contributed by atoms with Crippen LogP contribution < -0.4 is 0 Å². The molecule has 0 aliphatic heterocycles. The van der Waals surface area contributed by atoms with Gasteiger partial charge in [0.2, 0.25) is 0 Å². The van der Waals surface area contributed by atoms with E-state index in [4.69, 9.17) is 4.42 Å². The summed E-state index contributed by atoms with van der Waals surface area (Å²) < 4.78 is 6.04. The van der Waals surface area contributed by atoms with E-state index in [9.17, 15) is 5.11 Å². The van der Waals surface area contributed by atoms with Gasteiger partial charge in [0.05, 0.1) is 10.7 Å². The van der Waals surface area contributed by atoms with Gasteiger partial charge >= 0.3 is 0 Å². The number of halogens is 1. The number of aliphatic hydroxyl groups excluding tert-OH is 1. The molecular weight excluding hydrogens is 268 g/mol. The Kier molecular flexibility index (Phi) is 3.46. The zero-order valence-electron chi connectivity index (χ0n) is 8.98. The molecule has 2 aromatic rings. The molecule has 84 valence electrons. The third kappa shape index (κ3) is 2.54. The Balaban J connectivity index is 2.14. The Morgan fingerprint density at radius 3 is 2.81 bits per heavy atom. The highest BCUT2D eigenvalue weighted by Crippen LogP contribution is 2.27. The fourth-order valence-electron chi connectivity index (χ4n) is 1.70. The predicted octanol–water partition coefficient (Wildman–Crippen LogP) is 3.63. The number of rotatable bonds is 3. The first-order valence-electron chi connectivity index (χ1n) is 5.13. The summed E-state index contributed by atoms with van der Waals surface area (Å²) in [5, 5.41) is 10.0. The van der Waals surface area contributed by atoms with Gasteiger partial charge in [-0.1, -0.05) is 29.8 Å². The van der Waals surface area contributed by atoms with Crippen LogP contribution in [-0.2, 0) is 6.42 Å². The lowest BCUT2D eigenvalue weighted by atomic mass is 10.0. The van der Waals surface area contributed by atoms with Crippen molar-refractivity contribution in [1.29, 1.82) is 0 Å². The van der Waals surface area contributed by atoms with Crippen LogP contribution in [-0.4, -0.2) is 5.11 Å². The van der Waals surface area contributed by atoms with Crippen LogP contribution in [0.1, 0.15) is 23.0 Å². The maximum atomic E-state index is 10.0. The van der Waals surface area contributed by atoms with Gasteiger partial charge in [-0.25, -0.2) is 0 Å². The highest BCUT2D eigenvalue weighted by molar-refractivity contribution is 9.10. The third-order valence-corrected chi connectivity index (χ3v) is 3.11. The second-order valence-corrected chi connectivity index (χ2v) is 4.70. The molecule has 1 unspecified atom stereocenters. The normalized spacial score (nSPS) is 12.7. The summed E-state index contributed by atoms with van der Waals surface area (Å²) in [6, 6.07) is 9.90. The van der Waals surface area contributed by atoms with Crippen molar-refractivity contribution in [3.8, 4) is 0 Å². The molecule has 0 fully saturated rings. The van der Waals surface area contributed by atoms with Crippen molar-refractivity contribution >= 4 is 15.9 Å². The first kappa shape index (κ1) is 11.4. The molecule has 0 spiro atoms. The van der Waals surface area contributed by atoms with Gasteiger partial charge < -0.3 is 9.52 Å². The van der Waals surface area contributed by atoms with Gasteiger partial charge in [-0.05, 0) is 34.5 Å². The number of benzene rings is 1. The largest absolute Gasteiger partial charge is 0.465 e. The molecule has 0 aliphatic rings. The lowest BCUT2D eigenvalue weighted by Crippen LogP contribution is -2.01. The van der Waals surface area contributed by atoms with E-state index in [2.05, 4.69) is 22.0 Å². The Morgan fingerprint density at radius 2 is 2.19 bits per heavy atom. The van der Waals surface area contributed by atoms with E-state index >= 15 is 0 Å².